The van der Waals surface area contributed by atoms with Crippen LogP contribution in [0.1, 0.15) is 20.3 Å². The standard InChI is InChI=1S/C7H12O/c1-4-5-6(2)7(3)8/h4,6H,1,5H2,2-3H3. The fourth-order valence-corrected chi connectivity index (χ4v) is 0.416. The normalized spacial score (nSPS) is 12.8. The third kappa shape index (κ3) is 2.56. The molecule has 1 heteroatoms. The predicted molar refractivity (Wildman–Crippen MR) is 34.7 cm³/mol. The molecule has 0 aliphatic rings. The zero-order chi connectivity index (χ0) is 6.57. The first-order valence-electron chi connectivity index (χ1n) is 2.79. The molecular weight excluding hydrogens is 100 g/mol. The van der Waals surface area contributed by atoms with E-state index in [9.17, 15) is 4.79 Å². The maximum atomic E-state index is 10.5. The largest absolute Gasteiger partial charge is 0.300 e. The van der Waals surface area contributed by atoms with Crippen molar-refractivity contribution in [3.8, 4) is 0 Å². The fourth-order valence-electron chi connectivity index (χ4n) is 0.416. The van der Waals surface area contributed by atoms with E-state index >= 15 is 0 Å². The van der Waals surface area contributed by atoms with E-state index in [0.717, 1.165) is 6.42 Å². The molecule has 0 amide bonds. The summed E-state index contributed by atoms with van der Waals surface area (Å²) >= 11 is 0. The van der Waals surface area contributed by atoms with Crippen LogP contribution < -0.4 is 0 Å². The van der Waals surface area contributed by atoms with Gasteiger partial charge < -0.3 is 0 Å². The molecule has 1 atom stereocenters. The molecule has 0 radical (unpaired) electrons. The lowest BCUT2D eigenvalue weighted by atomic mass is 10.0. The Balaban J connectivity index is 3.46. The van der Waals surface area contributed by atoms with Crippen molar-refractivity contribution >= 4 is 5.78 Å². The minimum absolute atomic E-state index is 0.160. The van der Waals surface area contributed by atoms with Gasteiger partial charge in [-0.1, -0.05) is 13.0 Å². The molecule has 0 aromatic heterocycles. The maximum absolute atomic E-state index is 10.5. The van der Waals surface area contributed by atoms with Gasteiger partial charge in [0.05, 0.1) is 0 Å². The van der Waals surface area contributed by atoms with Gasteiger partial charge in [0.25, 0.3) is 0 Å². The smallest absolute Gasteiger partial charge is 0.132 e. The van der Waals surface area contributed by atoms with E-state index in [1.54, 1.807) is 13.0 Å². The van der Waals surface area contributed by atoms with Gasteiger partial charge in [0.1, 0.15) is 5.78 Å². The van der Waals surface area contributed by atoms with E-state index in [-0.39, 0.29) is 11.7 Å². The van der Waals surface area contributed by atoms with Crippen LogP contribution in [0.25, 0.3) is 0 Å². The Kier molecular flexibility index (Phi) is 3.16. The Hall–Kier alpha value is -0.590. The second-order valence-electron chi connectivity index (χ2n) is 2.04. The minimum Gasteiger partial charge on any atom is -0.300 e. The molecule has 0 aliphatic heterocycles. The molecule has 0 fully saturated rings. The first kappa shape index (κ1) is 7.41. The fraction of sp³-hybridized carbons (Fsp3) is 0.571. The number of hydrogen-bond acceptors (Lipinski definition) is 1. The summed E-state index contributed by atoms with van der Waals surface area (Å²) in [7, 11) is 0. The van der Waals surface area contributed by atoms with Crippen LogP contribution >= 0.6 is 0 Å². The second-order valence-corrected chi connectivity index (χ2v) is 2.04. The van der Waals surface area contributed by atoms with E-state index in [0.29, 0.717) is 0 Å². The van der Waals surface area contributed by atoms with Crippen LogP contribution in [-0.2, 0) is 4.79 Å². The van der Waals surface area contributed by atoms with Gasteiger partial charge in [-0.25, -0.2) is 0 Å². The van der Waals surface area contributed by atoms with Crippen LogP contribution in [0.2, 0.25) is 0 Å². The molecule has 0 aromatic carbocycles. The van der Waals surface area contributed by atoms with Crippen molar-refractivity contribution in [2.75, 3.05) is 0 Å². The molecule has 0 saturated heterocycles. The van der Waals surface area contributed by atoms with E-state index in [4.69, 9.17) is 0 Å². The number of rotatable bonds is 3. The summed E-state index contributed by atoms with van der Waals surface area (Å²) in [5.41, 5.74) is 0. The third-order valence-corrected chi connectivity index (χ3v) is 1.21. The summed E-state index contributed by atoms with van der Waals surface area (Å²) < 4.78 is 0. The van der Waals surface area contributed by atoms with Gasteiger partial charge in [-0.05, 0) is 13.3 Å². The van der Waals surface area contributed by atoms with Gasteiger partial charge in [0, 0.05) is 5.92 Å². The van der Waals surface area contributed by atoms with Gasteiger partial charge in [-0.2, -0.15) is 0 Å². The third-order valence-electron chi connectivity index (χ3n) is 1.21. The number of allylic oxidation sites excluding steroid dienone is 1. The maximum Gasteiger partial charge on any atom is 0.132 e. The molecule has 0 aliphatic carbocycles. The average Bonchev–Trinajstić information content (AvgIpc) is 1.67. The molecule has 0 aromatic rings. The molecular formula is C7H12O. The molecule has 1 nitrogen and oxygen atoms in total. The first-order valence-corrected chi connectivity index (χ1v) is 2.79. The topological polar surface area (TPSA) is 17.1 Å². The molecule has 0 bridgehead atoms. The van der Waals surface area contributed by atoms with Crippen LogP contribution in [0, 0.1) is 5.92 Å². The molecule has 0 rings (SSSR count). The van der Waals surface area contributed by atoms with E-state index in [1.165, 1.54) is 0 Å². The zero-order valence-electron chi connectivity index (χ0n) is 5.48. The Morgan fingerprint density at radius 1 is 1.88 bits per heavy atom. The number of hydrogen-bond donors (Lipinski definition) is 0. The Labute approximate surface area is 50.4 Å². The van der Waals surface area contributed by atoms with E-state index in [1.807, 2.05) is 6.92 Å². The van der Waals surface area contributed by atoms with Crippen molar-refractivity contribution in [3.63, 3.8) is 0 Å². The van der Waals surface area contributed by atoms with Crippen molar-refractivity contribution in [2.24, 2.45) is 5.92 Å². The van der Waals surface area contributed by atoms with Gasteiger partial charge in [0.15, 0.2) is 0 Å². The highest BCUT2D eigenvalue weighted by molar-refractivity contribution is 5.77. The summed E-state index contributed by atoms with van der Waals surface area (Å²) in [5.74, 6) is 0.400. The number of carbonyl (C=O) groups is 1. The molecule has 8 heavy (non-hydrogen) atoms. The summed E-state index contributed by atoms with van der Waals surface area (Å²) in [6.07, 6.45) is 2.57. The lowest BCUT2D eigenvalue weighted by Crippen LogP contribution is -2.03. The SMILES string of the molecule is C=CCC(C)C(C)=O. The summed E-state index contributed by atoms with van der Waals surface area (Å²) in [4.78, 5) is 10.5. The van der Waals surface area contributed by atoms with Gasteiger partial charge in [0.2, 0.25) is 0 Å². The zero-order valence-corrected chi connectivity index (χ0v) is 5.48. The molecule has 0 saturated carbocycles. The molecule has 0 heterocycles. The van der Waals surface area contributed by atoms with E-state index in [2.05, 4.69) is 6.58 Å². The van der Waals surface area contributed by atoms with Crippen LogP contribution in [0.5, 0.6) is 0 Å². The highest BCUT2D eigenvalue weighted by Crippen LogP contribution is 2.01. The monoisotopic (exact) mass is 112 g/mol. The molecule has 0 N–H and O–H groups in total. The minimum atomic E-state index is 0.160. The van der Waals surface area contributed by atoms with E-state index < -0.39 is 0 Å². The van der Waals surface area contributed by atoms with Crippen LogP contribution in [0.4, 0.5) is 0 Å². The highest BCUT2D eigenvalue weighted by atomic mass is 16.1. The van der Waals surface area contributed by atoms with Crippen LogP contribution in [0.15, 0.2) is 12.7 Å². The highest BCUT2D eigenvalue weighted by Gasteiger charge is 2.02. The van der Waals surface area contributed by atoms with Crippen molar-refractivity contribution < 1.29 is 4.79 Å². The summed E-state index contributed by atoms with van der Waals surface area (Å²) in [6, 6.07) is 0. The van der Waals surface area contributed by atoms with Crippen LogP contribution in [0.3, 0.4) is 0 Å². The van der Waals surface area contributed by atoms with Crippen molar-refractivity contribution in [1.82, 2.24) is 0 Å². The lowest BCUT2D eigenvalue weighted by molar-refractivity contribution is -0.120. The first-order chi connectivity index (χ1) is 3.68. The van der Waals surface area contributed by atoms with Gasteiger partial charge in [-0.15, -0.1) is 6.58 Å². The second kappa shape index (κ2) is 3.42. The van der Waals surface area contributed by atoms with Crippen LogP contribution in [-0.4, -0.2) is 5.78 Å². The number of carbonyl (C=O) groups excluding carboxylic acids is 1. The quantitative estimate of drug-likeness (QED) is 0.509. The average molecular weight is 112 g/mol. The Bertz CT molecular complexity index is 94.6. The summed E-state index contributed by atoms with van der Waals surface area (Å²) in [6.45, 7) is 7.04. The van der Waals surface area contributed by atoms with Crippen molar-refractivity contribution in [1.29, 1.82) is 0 Å². The molecule has 1 unspecified atom stereocenters. The number of Topliss-reactive ketones (excluding diaryl/α,β-unsaturated/α-hetero) is 1. The van der Waals surface area contributed by atoms with Crippen molar-refractivity contribution in [3.05, 3.63) is 12.7 Å². The van der Waals surface area contributed by atoms with Gasteiger partial charge >= 0.3 is 0 Å². The molecule has 46 valence electrons. The van der Waals surface area contributed by atoms with Crippen molar-refractivity contribution in [2.45, 2.75) is 20.3 Å². The Morgan fingerprint density at radius 3 is 2.50 bits per heavy atom. The number of ketones is 1. The lowest BCUT2D eigenvalue weighted by Gasteiger charge is -1.99. The molecule has 0 spiro atoms. The van der Waals surface area contributed by atoms with Gasteiger partial charge in [-0.3, -0.25) is 4.79 Å². The Morgan fingerprint density at radius 2 is 2.38 bits per heavy atom. The predicted octanol–water partition coefficient (Wildman–Crippen LogP) is 1.79. The summed E-state index contributed by atoms with van der Waals surface area (Å²) in [5, 5.41) is 0.